The van der Waals surface area contributed by atoms with Crippen molar-refractivity contribution in [1.82, 2.24) is 0 Å². The molecule has 21 heavy (non-hydrogen) atoms. The number of nitrogen functional groups attached to an aromatic ring is 1. The summed E-state index contributed by atoms with van der Waals surface area (Å²) >= 11 is 8.86. The van der Waals surface area contributed by atoms with Gasteiger partial charge in [0.1, 0.15) is 11.6 Å². The summed E-state index contributed by atoms with van der Waals surface area (Å²) in [6.07, 6.45) is 0. The zero-order valence-electron chi connectivity index (χ0n) is 10.3. The van der Waals surface area contributed by atoms with Gasteiger partial charge >= 0.3 is 5.97 Å². The molecule has 0 radical (unpaired) electrons. The third-order valence-electron chi connectivity index (χ3n) is 2.61. The van der Waals surface area contributed by atoms with Gasteiger partial charge in [0.2, 0.25) is 0 Å². The fourth-order valence-corrected chi connectivity index (χ4v) is 2.29. The van der Waals surface area contributed by atoms with E-state index in [1.54, 1.807) is 0 Å². The lowest BCUT2D eigenvalue weighted by Crippen LogP contribution is -2.06. The van der Waals surface area contributed by atoms with Crippen LogP contribution >= 0.6 is 27.5 Å². The monoisotopic (exact) mass is 376 g/mol. The highest BCUT2D eigenvalue weighted by molar-refractivity contribution is 9.10. The first kappa shape index (κ1) is 15.5. The van der Waals surface area contributed by atoms with Crippen LogP contribution < -0.4 is 11.1 Å². The first-order valence-electron chi connectivity index (χ1n) is 5.53. The van der Waals surface area contributed by atoms with Crippen LogP contribution in [0.3, 0.4) is 0 Å². The van der Waals surface area contributed by atoms with Crippen LogP contribution in [0, 0.1) is 11.6 Å². The average Bonchev–Trinajstić information content (AvgIpc) is 2.38. The van der Waals surface area contributed by atoms with Crippen molar-refractivity contribution in [1.29, 1.82) is 0 Å². The molecule has 0 heterocycles. The van der Waals surface area contributed by atoms with Gasteiger partial charge in [0.25, 0.3) is 0 Å². The SMILES string of the molecule is Nc1cc(Cl)c(Nc2cc(Br)c(F)cc2F)c(C(=O)O)c1. The minimum Gasteiger partial charge on any atom is -0.478 e. The number of carboxylic acids is 1. The highest BCUT2D eigenvalue weighted by Crippen LogP contribution is 2.34. The number of hydrogen-bond donors (Lipinski definition) is 3. The molecule has 0 saturated heterocycles. The Kier molecular flexibility index (Phi) is 4.34. The largest absolute Gasteiger partial charge is 0.478 e. The first-order chi connectivity index (χ1) is 9.79. The lowest BCUT2D eigenvalue weighted by Gasteiger charge is -2.13. The van der Waals surface area contributed by atoms with Crippen LogP contribution in [0.25, 0.3) is 0 Å². The van der Waals surface area contributed by atoms with Gasteiger partial charge < -0.3 is 16.2 Å². The van der Waals surface area contributed by atoms with E-state index in [9.17, 15) is 13.6 Å². The quantitative estimate of drug-likeness (QED) is 0.547. The standard InChI is InChI=1S/C13H8BrClF2N2O2/c14-7-3-11(10(17)4-9(7)16)19-12-6(13(20)21)1-5(18)2-8(12)15/h1-4,19H,18H2,(H,20,21). The van der Waals surface area contributed by atoms with Crippen LogP contribution in [0.2, 0.25) is 5.02 Å². The number of anilines is 3. The fourth-order valence-electron chi connectivity index (χ4n) is 1.68. The predicted octanol–water partition coefficient (Wildman–Crippen LogP) is 4.40. The number of nitrogens with one attached hydrogen (secondary N) is 1. The van der Waals surface area contributed by atoms with Crippen molar-refractivity contribution in [3.8, 4) is 0 Å². The second kappa shape index (κ2) is 5.87. The van der Waals surface area contributed by atoms with E-state index in [1.165, 1.54) is 12.1 Å². The van der Waals surface area contributed by atoms with E-state index in [0.717, 1.165) is 6.07 Å². The number of nitrogens with two attached hydrogens (primary N) is 1. The lowest BCUT2D eigenvalue weighted by molar-refractivity contribution is 0.0698. The van der Waals surface area contributed by atoms with Gasteiger partial charge in [-0.25, -0.2) is 13.6 Å². The highest BCUT2D eigenvalue weighted by Gasteiger charge is 2.17. The summed E-state index contributed by atoms with van der Waals surface area (Å²) in [6.45, 7) is 0. The predicted molar refractivity (Wildman–Crippen MR) is 80.2 cm³/mol. The van der Waals surface area contributed by atoms with Crippen molar-refractivity contribution in [2.24, 2.45) is 0 Å². The Morgan fingerprint density at radius 3 is 2.52 bits per heavy atom. The molecule has 4 nitrogen and oxygen atoms in total. The molecule has 0 aliphatic rings. The smallest absolute Gasteiger partial charge is 0.337 e. The number of rotatable bonds is 3. The maximum Gasteiger partial charge on any atom is 0.337 e. The van der Waals surface area contributed by atoms with Crippen LogP contribution in [0.4, 0.5) is 25.8 Å². The molecule has 4 N–H and O–H groups in total. The number of aromatic carboxylic acids is 1. The third-order valence-corrected chi connectivity index (χ3v) is 3.52. The Hall–Kier alpha value is -1.86. The second-order valence-corrected chi connectivity index (χ2v) is 5.36. The zero-order chi connectivity index (χ0) is 15.7. The van der Waals surface area contributed by atoms with Crippen molar-refractivity contribution in [3.05, 3.63) is 51.0 Å². The molecular formula is C13H8BrClF2N2O2. The molecule has 2 aromatic rings. The van der Waals surface area contributed by atoms with Crippen LogP contribution in [0.1, 0.15) is 10.4 Å². The number of carbonyl (C=O) groups is 1. The summed E-state index contributed by atoms with van der Waals surface area (Å²) in [5, 5.41) is 11.7. The number of carboxylic acid groups (broad SMARTS) is 1. The summed E-state index contributed by atoms with van der Waals surface area (Å²) in [6, 6.07) is 4.32. The molecular weight excluding hydrogens is 370 g/mol. The summed E-state index contributed by atoms with van der Waals surface area (Å²) < 4.78 is 26.9. The fraction of sp³-hybridized carbons (Fsp3) is 0. The molecule has 0 aromatic heterocycles. The molecule has 0 unspecified atom stereocenters. The molecule has 0 spiro atoms. The summed E-state index contributed by atoms with van der Waals surface area (Å²) in [5.74, 6) is -2.95. The van der Waals surface area contributed by atoms with E-state index in [4.69, 9.17) is 22.4 Å². The van der Waals surface area contributed by atoms with Gasteiger partial charge in [0.05, 0.1) is 26.4 Å². The number of hydrogen-bond acceptors (Lipinski definition) is 3. The van der Waals surface area contributed by atoms with Crippen LogP contribution in [0.15, 0.2) is 28.7 Å². The summed E-state index contributed by atoms with van der Waals surface area (Å²) in [5.41, 5.74) is 5.30. The molecule has 0 fully saturated rings. The molecule has 0 amide bonds. The topological polar surface area (TPSA) is 75.3 Å². The summed E-state index contributed by atoms with van der Waals surface area (Å²) in [7, 11) is 0. The molecule has 0 saturated carbocycles. The van der Waals surface area contributed by atoms with Crippen molar-refractivity contribution >= 4 is 50.6 Å². The highest BCUT2D eigenvalue weighted by atomic mass is 79.9. The Morgan fingerprint density at radius 1 is 1.24 bits per heavy atom. The molecule has 2 rings (SSSR count). The minimum absolute atomic E-state index is 0.00671. The molecule has 8 heteroatoms. The summed E-state index contributed by atoms with van der Waals surface area (Å²) in [4.78, 5) is 11.2. The maximum atomic E-state index is 13.7. The normalized spacial score (nSPS) is 10.5. The number of benzene rings is 2. The van der Waals surface area contributed by atoms with Gasteiger partial charge in [-0.2, -0.15) is 0 Å². The van der Waals surface area contributed by atoms with Crippen molar-refractivity contribution in [3.63, 3.8) is 0 Å². The van der Waals surface area contributed by atoms with Gasteiger partial charge in [-0.05, 0) is 34.1 Å². The van der Waals surface area contributed by atoms with Crippen LogP contribution in [-0.2, 0) is 0 Å². The van der Waals surface area contributed by atoms with E-state index in [1.807, 2.05) is 0 Å². The van der Waals surface area contributed by atoms with E-state index >= 15 is 0 Å². The Morgan fingerprint density at radius 2 is 1.90 bits per heavy atom. The molecule has 0 aliphatic heterocycles. The van der Waals surface area contributed by atoms with Crippen LogP contribution in [-0.4, -0.2) is 11.1 Å². The zero-order valence-corrected chi connectivity index (χ0v) is 12.6. The van der Waals surface area contributed by atoms with Crippen molar-refractivity contribution in [2.75, 3.05) is 11.1 Å². The van der Waals surface area contributed by atoms with Gasteiger partial charge in [-0.15, -0.1) is 0 Å². The van der Waals surface area contributed by atoms with Gasteiger partial charge in [0.15, 0.2) is 0 Å². The van der Waals surface area contributed by atoms with E-state index in [2.05, 4.69) is 21.2 Å². The van der Waals surface area contributed by atoms with E-state index in [-0.39, 0.29) is 32.1 Å². The minimum atomic E-state index is -1.28. The van der Waals surface area contributed by atoms with E-state index < -0.39 is 17.6 Å². The molecule has 0 atom stereocenters. The van der Waals surface area contributed by atoms with Crippen molar-refractivity contribution in [2.45, 2.75) is 0 Å². The van der Waals surface area contributed by atoms with Crippen LogP contribution in [0.5, 0.6) is 0 Å². The van der Waals surface area contributed by atoms with Gasteiger partial charge in [-0.3, -0.25) is 0 Å². The van der Waals surface area contributed by atoms with Crippen molar-refractivity contribution < 1.29 is 18.7 Å². The Labute approximate surface area is 131 Å². The number of halogens is 4. The lowest BCUT2D eigenvalue weighted by atomic mass is 10.1. The molecule has 0 bridgehead atoms. The Balaban J connectivity index is 2.54. The Bertz CT molecular complexity index is 741. The molecule has 110 valence electrons. The van der Waals surface area contributed by atoms with E-state index in [0.29, 0.717) is 6.07 Å². The third kappa shape index (κ3) is 3.25. The first-order valence-corrected chi connectivity index (χ1v) is 6.70. The maximum absolute atomic E-state index is 13.7. The molecule has 2 aromatic carbocycles. The van der Waals surface area contributed by atoms with Gasteiger partial charge in [-0.1, -0.05) is 11.6 Å². The molecule has 0 aliphatic carbocycles. The van der Waals surface area contributed by atoms with Gasteiger partial charge in [0, 0.05) is 11.8 Å². The second-order valence-electron chi connectivity index (χ2n) is 4.10. The average molecular weight is 378 g/mol.